The van der Waals surface area contributed by atoms with Crippen molar-refractivity contribution in [2.24, 2.45) is 7.05 Å². The zero-order chi connectivity index (χ0) is 12.6. The molecule has 0 amide bonds. The molecule has 9 nitrogen and oxygen atoms in total. The van der Waals surface area contributed by atoms with Crippen LogP contribution in [-0.4, -0.2) is 35.3 Å². The first-order valence-electron chi connectivity index (χ1n) is 4.45. The van der Waals surface area contributed by atoms with Crippen molar-refractivity contribution in [3.63, 3.8) is 0 Å². The Labute approximate surface area is 94.1 Å². The van der Waals surface area contributed by atoms with Crippen LogP contribution in [0.2, 0.25) is 0 Å². The van der Waals surface area contributed by atoms with E-state index in [0.717, 1.165) is 4.68 Å². The second-order valence-electron chi connectivity index (χ2n) is 3.21. The molecule has 0 saturated heterocycles. The molecule has 0 bridgehead atoms. The van der Waals surface area contributed by atoms with Gasteiger partial charge in [-0.25, -0.2) is 9.48 Å². The number of hydrogen-bond acceptors (Lipinski definition) is 5. The first-order chi connectivity index (χ1) is 8.00. The fourth-order valence-electron chi connectivity index (χ4n) is 1.36. The molecule has 0 radical (unpaired) electrons. The van der Waals surface area contributed by atoms with E-state index in [0.29, 0.717) is 0 Å². The van der Waals surface area contributed by atoms with Gasteiger partial charge in [0.2, 0.25) is 12.1 Å². The third-order valence-corrected chi connectivity index (χ3v) is 2.09. The molecule has 17 heavy (non-hydrogen) atoms. The Hall–Kier alpha value is -2.71. The lowest BCUT2D eigenvalue weighted by molar-refractivity contribution is -0.389. The summed E-state index contributed by atoms with van der Waals surface area (Å²) in [7, 11) is 1.55. The maximum Gasteiger partial charge on any atom is 0.408 e. The van der Waals surface area contributed by atoms with Gasteiger partial charge in [-0.3, -0.25) is 4.57 Å². The van der Waals surface area contributed by atoms with E-state index >= 15 is 0 Å². The molecule has 2 rings (SSSR count). The van der Waals surface area contributed by atoms with Crippen molar-refractivity contribution in [1.29, 1.82) is 0 Å². The number of nitro groups is 1. The zero-order valence-electron chi connectivity index (χ0n) is 8.64. The summed E-state index contributed by atoms with van der Waals surface area (Å²) in [6, 6.07) is 1.25. The van der Waals surface area contributed by atoms with Gasteiger partial charge in [0, 0.05) is 13.2 Å². The van der Waals surface area contributed by atoms with Gasteiger partial charge in [0.1, 0.15) is 0 Å². The largest absolute Gasteiger partial charge is 0.476 e. The van der Waals surface area contributed by atoms with Crippen LogP contribution < -0.4 is 0 Å². The average Bonchev–Trinajstić information content (AvgIpc) is 2.82. The van der Waals surface area contributed by atoms with Crippen molar-refractivity contribution < 1.29 is 14.8 Å². The Bertz CT molecular complexity index is 599. The van der Waals surface area contributed by atoms with E-state index in [2.05, 4.69) is 10.1 Å². The molecule has 0 spiro atoms. The van der Waals surface area contributed by atoms with E-state index in [9.17, 15) is 14.9 Å². The Balaban J connectivity index is 2.55. The summed E-state index contributed by atoms with van der Waals surface area (Å²) < 4.78 is 2.49. The third kappa shape index (κ3) is 1.73. The minimum Gasteiger partial charge on any atom is -0.476 e. The number of hydrogen-bond donors (Lipinski definition) is 1. The molecule has 0 aromatic carbocycles. The van der Waals surface area contributed by atoms with Crippen LogP contribution in [0.25, 0.3) is 5.82 Å². The highest BCUT2D eigenvalue weighted by Crippen LogP contribution is 2.19. The lowest BCUT2D eigenvalue weighted by Crippen LogP contribution is -2.06. The van der Waals surface area contributed by atoms with E-state index in [-0.39, 0.29) is 17.3 Å². The van der Waals surface area contributed by atoms with Crippen molar-refractivity contribution in [3.05, 3.63) is 34.4 Å². The number of aryl methyl sites for hydroxylation is 1. The molecule has 2 aromatic heterocycles. The van der Waals surface area contributed by atoms with Crippen molar-refractivity contribution in [1.82, 2.24) is 19.3 Å². The highest BCUT2D eigenvalue weighted by Gasteiger charge is 2.23. The van der Waals surface area contributed by atoms with Gasteiger partial charge in [0.05, 0.1) is 0 Å². The Morgan fingerprint density at radius 3 is 2.82 bits per heavy atom. The highest BCUT2D eigenvalue weighted by atomic mass is 16.6. The molecular formula is C8H7N5O4. The van der Waals surface area contributed by atoms with E-state index < -0.39 is 10.9 Å². The van der Waals surface area contributed by atoms with E-state index in [1.807, 2.05) is 0 Å². The summed E-state index contributed by atoms with van der Waals surface area (Å²) in [6.07, 6.45) is 2.59. The van der Waals surface area contributed by atoms with Crippen molar-refractivity contribution in [3.8, 4) is 5.82 Å². The standard InChI is InChI=1S/C8H7N5O4/c1-11-4-9-6(13(16)17)7(11)12-3-2-5(10-12)8(14)15/h2-4H,1H3,(H,14,15). The summed E-state index contributed by atoms with van der Waals surface area (Å²) in [6.45, 7) is 0. The SMILES string of the molecule is Cn1cnc([N+](=O)[O-])c1-n1ccc(C(=O)O)n1. The number of carboxylic acid groups (broad SMARTS) is 1. The van der Waals surface area contributed by atoms with Gasteiger partial charge in [0.25, 0.3) is 0 Å². The highest BCUT2D eigenvalue weighted by molar-refractivity contribution is 5.85. The van der Waals surface area contributed by atoms with E-state index in [1.165, 1.54) is 23.2 Å². The van der Waals surface area contributed by atoms with Crippen LogP contribution in [0.4, 0.5) is 5.82 Å². The first-order valence-corrected chi connectivity index (χ1v) is 4.45. The maximum atomic E-state index is 10.7. The molecule has 0 saturated carbocycles. The second kappa shape index (κ2) is 3.70. The van der Waals surface area contributed by atoms with Crippen LogP contribution in [-0.2, 0) is 7.05 Å². The van der Waals surface area contributed by atoms with E-state index in [1.54, 1.807) is 7.05 Å². The molecule has 0 fully saturated rings. The smallest absolute Gasteiger partial charge is 0.408 e. The second-order valence-corrected chi connectivity index (χ2v) is 3.21. The number of aromatic carboxylic acids is 1. The number of aromatic nitrogens is 4. The van der Waals surface area contributed by atoms with Crippen molar-refractivity contribution in [2.75, 3.05) is 0 Å². The van der Waals surface area contributed by atoms with Gasteiger partial charge < -0.3 is 15.2 Å². The zero-order valence-corrected chi connectivity index (χ0v) is 8.64. The molecular weight excluding hydrogens is 230 g/mol. The molecule has 88 valence electrons. The number of rotatable bonds is 3. The predicted molar refractivity (Wildman–Crippen MR) is 53.9 cm³/mol. The van der Waals surface area contributed by atoms with Gasteiger partial charge in [0.15, 0.2) is 5.69 Å². The fraction of sp³-hybridized carbons (Fsp3) is 0.125. The quantitative estimate of drug-likeness (QED) is 0.602. The third-order valence-electron chi connectivity index (χ3n) is 2.09. The minimum absolute atomic E-state index is 0.0995. The molecule has 0 aliphatic rings. The normalized spacial score (nSPS) is 10.4. The minimum atomic E-state index is -1.20. The molecule has 0 atom stereocenters. The Morgan fingerprint density at radius 2 is 2.29 bits per heavy atom. The lowest BCUT2D eigenvalue weighted by Gasteiger charge is -2.00. The predicted octanol–water partition coefficient (Wildman–Crippen LogP) is 0.212. The molecule has 2 aromatic rings. The Morgan fingerprint density at radius 1 is 1.59 bits per heavy atom. The van der Waals surface area contributed by atoms with Crippen molar-refractivity contribution in [2.45, 2.75) is 0 Å². The first kappa shape index (κ1) is 10.8. The topological polar surface area (TPSA) is 116 Å². The van der Waals surface area contributed by atoms with Gasteiger partial charge >= 0.3 is 11.8 Å². The number of imidazole rings is 1. The van der Waals surface area contributed by atoms with Gasteiger partial charge in [-0.05, 0) is 16.0 Å². The average molecular weight is 237 g/mol. The summed E-state index contributed by atoms with van der Waals surface area (Å²) in [5, 5.41) is 23.1. The fourth-order valence-corrected chi connectivity index (χ4v) is 1.36. The van der Waals surface area contributed by atoms with Crippen LogP contribution in [0.3, 0.4) is 0 Å². The monoisotopic (exact) mass is 237 g/mol. The molecule has 0 aliphatic heterocycles. The van der Waals surface area contributed by atoms with Crippen LogP contribution in [0.15, 0.2) is 18.6 Å². The number of carboxylic acids is 1. The number of carbonyl (C=O) groups is 1. The summed E-state index contributed by atoms with van der Waals surface area (Å²) >= 11 is 0. The molecule has 0 aliphatic carbocycles. The van der Waals surface area contributed by atoms with Crippen molar-refractivity contribution >= 4 is 11.8 Å². The van der Waals surface area contributed by atoms with Crippen LogP contribution in [0, 0.1) is 10.1 Å². The summed E-state index contributed by atoms with van der Waals surface area (Å²) in [5.41, 5.74) is -0.194. The van der Waals surface area contributed by atoms with Gasteiger partial charge in [-0.15, -0.1) is 0 Å². The van der Waals surface area contributed by atoms with Gasteiger partial charge in [-0.2, -0.15) is 5.10 Å². The van der Waals surface area contributed by atoms with Crippen LogP contribution >= 0.6 is 0 Å². The Kier molecular flexibility index (Phi) is 2.35. The van der Waals surface area contributed by atoms with Gasteiger partial charge in [-0.1, -0.05) is 0 Å². The molecule has 1 N–H and O–H groups in total. The maximum absolute atomic E-state index is 10.7. The molecule has 9 heteroatoms. The summed E-state index contributed by atoms with van der Waals surface area (Å²) in [4.78, 5) is 24.3. The van der Waals surface area contributed by atoms with Crippen LogP contribution in [0.1, 0.15) is 10.5 Å². The number of nitrogens with zero attached hydrogens (tertiary/aromatic N) is 5. The summed E-state index contributed by atoms with van der Waals surface area (Å²) in [5.74, 6) is -1.48. The molecule has 0 unspecified atom stereocenters. The lowest BCUT2D eigenvalue weighted by atomic mass is 10.5. The van der Waals surface area contributed by atoms with E-state index in [4.69, 9.17) is 5.11 Å². The molecule has 2 heterocycles. The van der Waals surface area contributed by atoms with Crippen LogP contribution in [0.5, 0.6) is 0 Å².